The van der Waals surface area contributed by atoms with Crippen molar-refractivity contribution in [3.05, 3.63) is 0 Å². The van der Waals surface area contributed by atoms with Crippen LogP contribution >= 0.6 is 0 Å². The first-order valence-corrected chi connectivity index (χ1v) is 5.68. The average molecular weight is 209 g/mol. The highest BCUT2D eigenvalue weighted by Crippen LogP contribution is 2.07. The predicted octanol–water partition coefficient (Wildman–Crippen LogP) is 0.937. The van der Waals surface area contributed by atoms with Gasteiger partial charge in [0, 0.05) is 6.04 Å². The largest absolute Gasteiger partial charge is 0.351 e. The molecule has 1 fully saturated rings. The molecule has 0 aromatic heterocycles. The highest BCUT2D eigenvalue weighted by atomic mass is 16.2. The lowest BCUT2D eigenvalue weighted by Gasteiger charge is -2.24. The van der Waals surface area contributed by atoms with Gasteiger partial charge in [-0.15, -0.1) is 0 Å². The molecule has 1 rings (SSSR count). The third-order valence-corrected chi connectivity index (χ3v) is 2.80. The summed E-state index contributed by atoms with van der Waals surface area (Å²) in [5.41, 5.74) is 0. The molecule has 84 valence electrons. The molecule has 2 atom stereocenters. The van der Waals surface area contributed by atoms with Crippen molar-refractivity contribution < 1.29 is 4.79 Å². The van der Waals surface area contributed by atoms with Gasteiger partial charge in [-0.2, -0.15) is 5.26 Å². The number of amides is 1. The van der Waals surface area contributed by atoms with Crippen LogP contribution in [-0.4, -0.2) is 24.5 Å². The maximum Gasteiger partial charge on any atom is 0.237 e. The molecule has 1 heterocycles. The summed E-state index contributed by atoms with van der Waals surface area (Å²) in [7, 11) is 0. The third-order valence-electron chi connectivity index (χ3n) is 2.80. The van der Waals surface area contributed by atoms with E-state index in [-0.39, 0.29) is 18.0 Å². The fourth-order valence-electron chi connectivity index (χ4n) is 1.79. The molecule has 1 amide bonds. The zero-order chi connectivity index (χ0) is 11.1. The van der Waals surface area contributed by atoms with Crippen LogP contribution < -0.4 is 10.6 Å². The van der Waals surface area contributed by atoms with E-state index in [4.69, 9.17) is 5.26 Å². The lowest BCUT2D eigenvalue weighted by atomic mass is 10.0. The number of rotatable bonds is 4. The van der Waals surface area contributed by atoms with Crippen molar-refractivity contribution in [2.75, 3.05) is 6.54 Å². The molecule has 0 aromatic rings. The van der Waals surface area contributed by atoms with Gasteiger partial charge in [-0.05, 0) is 25.8 Å². The molecular weight excluding hydrogens is 190 g/mol. The van der Waals surface area contributed by atoms with E-state index >= 15 is 0 Å². The van der Waals surface area contributed by atoms with E-state index in [0.29, 0.717) is 6.42 Å². The third kappa shape index (κ3) is 3.88. The van der Waals surface area contributed by atoms with Gasteiger partial charge in [-0.1, -0.05) is 13.3 Å². The maximum absolute atomic E-state index is 11.8. The fraction of sp³-hybridized carbons (Fsp3) is 0.818. The molecule has 15 heavy (non-hydrogen) atoms. The van der Waals surface area contributed by atoms with Crippen molar-refractivity contribution >= 4 is 5.91 Å². The summed E-state index contributed by atoms with van der Waals surface area (Å²) in [5.74, 6) is 0.0526. The Morgan fingerprint density at radius 3 is 3.00 bits per heavy atom. The standard InChI is InChI=1S/C11H19N3O/c1-2-9(6-7-12)14-11(15)10-5-3-4-8-13-10/h9-10,13H,2-6,8H2,1H3,(H,14,15)/t9?,10-/m1/s1. The molecule has 4 nitrogen and oxygen atoms in total. The molecule has 0 spiro atoms. The minimum absolute atomic E-state index is 0.00577. The molecule has 0 aliphatic carbocycles. The first-order chi connectivity index (χ1) is 7.27. The Kier molecular flexibility index (Phi) is 5.13. The predicted molar refractivity (Wildman–Crippen MR) is 58.1 cm³/mol. The van der Waals surface area contributed by atoms with Gasteiger partial charge in [0.05, 0.1) is 18.5 Å². The van der Waals surface area contributed by atoms with E-state index in [1.54, 1.807) is 0 Å². The lowest BCUT2D eigenvalue weighted by Crippen LogP contribution is -2.49. The van der Waals surface area contributed by atoms with Gasteiger partial charge in [0.15, 0.2) is 0 Å². The van der Waals surface area contributed by atoms with Crippen molar-refractivity contribution in [1.29, 1.82) is 5.26 Å². The zero-order valence-corrected chi connectivity index (χ0v) is 9.25. The van der Waals surface area contributed by atoms with Crippen molar-refractivity contribution in [3.63, 3.8) is 0 Å². The van der Waals surface area contributed by atoms with Crippen molar-refractivity contribution in [1.82, 2.24) is 10.6 Å². The summed E-state index contributed by atoms with van der Waals surface area (Å²) in [4.78, 5) is 11.8. The summed E-state index contributed by atoms with van der Waals surface area (Å²) in [6.07, 6.45) is 4.38. The van der Waals surface area contributed by atoms with Crippen LogP contribution in [0.25, 0.3) is 0 Å². The van der Waals surface area contributed by atoms with Crippen LogP contribution in [0.1, 0.15) is 39.0 Å². The number of hydrogen-bond donors (Lipinski definition) is 2. The molecule has 0 aromatic carbocycles. The molecule has 0 saturated carbocycles. The number of carbonyl (C=O) groups is 1. The summed E-state index contributed by atoms with van der Waals surface area (Å²) in [5, 5.41) is 14.7. The number of carbonyl (C=O) groups excluding carboxylic acids is 1. The van der Waals surface area contributed by atoms with Crippen LogP contribution in [0.4, 0.5) is 0 Å². The normalized spacial score (nSPS) is 22.8. The van der Waals surface area contributed by atoms with E-state index in [9.17, 15) is 4.79 Å². The Morgan fingerprint density at radius 1 is 1.67 bits per heavy atom. The molecular formula is C11H19N3O. The second-order valence-corrected chi connectivity index (χ2v) is 3.98. The van der Waals surface area contributed by atoms with E-state index in [0.717, 1.165) is 32.2 Å². The number of nitriles is 1. The Morgan fingerprint density at radius 2 is 2.47 bits per heavy atom. The highest BCUT2D eigenvalue weighted by Gasteiger charge is 2.21. The summed E-state index contributed by atoms with van der Waals surface area (Å²) >= 11 is 0. The molecule has 0 bridgehead atoms. The van der Waals surface area contributed by atoms with Crippen molar-refractivity contribution in [2.24, 2.45) is 0 Å². The van der Waals surface area contributed by atoms with Gasteiger partial charge in [-0.25, -0.2) is 0 Å². The Bertz CT molecular complexity index is 241. The number of nitrogens with one attached hydrogen (secondary N) is 2. The van der Waals surface area contributed by atoms with Crippen molar-refractivity contribution in [2.45, 2.75) is 51.1 Å². The minimum Gasteiger partial charge on any atom is -0.351 e. The van der Waals surface area contributed by atoms with E-state index < -0.39 is 0 Å². The lowest BCUT2D eigenvalue weighted by molar-refractivity contribution is -0.124. The Balaban J connectivity index is 2.35. The Labute approximate surface area is 91.0 Å². The van der Waals surface area contributed by atoms with Crippen LogP contribution in [0, 0.1) is 11.3 Å². The van der Waals surface area contributed by atoms with Crippen LogP contribution in [0.3, 0.4) is 0 Å². The smallest absolute Gasteiger partial charge is 0.237 e. The topological polar surface area (TPSA) is 64.9 Å². The van der Waals surface area contributed by atoms with E-state index in [1.165, 1.54) is 0 Å². The van der Waals surface area contributed by atoms with Gasteiger partial charge in [0.2, 0.25) is 5.91 Å². The number of piperidine rings is 1. The zero-order valence-electron chi connectivity index (χ0n) is 9.25. The summed E-state index contributed by atoms with van der Waals surface area (Å²) < 4.78 is 0. The van der Waals surface area contributed by atoms with Crippen LogP contribution in [0.5, 0.6) is 0 Å². The van der Waals surface area contributed by atoms with E-state index in [1.807, 2.05) is 6.92 Å². The van der Waals surface area contributed by atoms with Crippen LogP contribution in [0.15, 0.2) is 0 Å². The first-order valence-electron chi connectivity index (χ1n) is 5.68. The minimum atomic E-state index is -0.0495. The first kappa shape index (κ1) is 12.0. The molecule has 1 unspecified atom stereocenters. The summed E-state index contributed by atoms with van der Waals surface area (Å²) in [6, 6.07) is 2.05. The van der Waals surface area contributed by atoms with Gasteiger partial charge in [0.25, 0.3) is 0 Å². The average Bonchev–Trinajstić information content (AvgIpc) is 2.29. The fourth-order valence-corrected chi connectivity index (χ4v) is 1.79. The van der Waals surface area contributed by atoms with Gasteiger partial charge in [0.1, 0.15) is 0 Å². The number of hydrogen-bond acceptors (Lipinski definition) is 3. The monoisotopic (exact) mass is 209 g/mol. The molecule has 2 N–H and O–H groups in total. The second kappa shape index (κ2) is 6.41. The molecule has 1 aliphatic heterocycles. The van der Waals surface area contributed by atoms with Gasteiger partial charge in [-0.3, -0.25) is 4.79 Å². The second-order valence-electron chi connectivity index (χ2n) is 3.98. The Hall–Kier alpha value is -1.08. The summed E-state index contributed by atoms with van der Waals surface area (Å²) in [6.45, 7) is 2.91. The molecule has 1 aliphatic rings. The molecule has 1 saturated heterocycles. The molecule has 4 heteroatoms. The van der Waals surface area contributed by atoms with Gasteiger partial charge >= 0.3 is 0 Å². The maximum atomic E-state index is 11.8. The molecule has 0 radical (unpaired) electrons. The van der Waals surface area contributed by atoms with Crippen LogP contribution in [-0.2, 0) is 4.79 Å². The highest BCUT2D eigenvalue weighted by molar-refractivity contribution is 5.82. The quantitative estimate of drug-likeness (QED) is 0.724. The van der Waals surface area contributed by atoms with E-state index in [2.05, 4.69) is 16.7 Å². The van der Waals surface area contributed by atoms with Gasteiger partial charge < -0.3 is 10.6 Å². The van der Waals surface area contributed by atoms with Crippen molar-refractivity contribution in [3.8, 4) is 6.07 Å². The number of nitrogens with zero attached hydrogens (tertiary/aromatic N) is 1. The SMILES string of the molecule is CCC(CC#N)NC(=O)[C@H]1CCCCN1. The van der Waals surface area contributed by atoms with Crippen LogP contribution in [0.2, 0.25) is 0 Å².